The summed E-state index contributed by atoms with van der Waals surface area (Å²) in [6, 6.07) is 12.1. The first-order valence-corrected chi connectivity index (χ1v) is 7.76. The van der Waals surface area contributed by atoms with Crippen LogP contribution in [0.4, 0.5) is 5.13 Å². The molecule has 23 heavy (non-hydrogen) atoms. The number of ether oxygens (including phenoxy) is 1. The Kier molecular flexibility index (Phi) is 4.15. The van der Waals surface area contributed by atoms with Crippen LogP contribution in [0.15, 0.2) is 36.4 Å². The average Bonchev–Trinajstić information content (AvgIpc) is 2.95. The van der Waals surface area contributed by atoms with Gasteiger partial charge in [0, 0.05) is 5.02 Å². The Morgan fingerprint density at radius 3 is 2.91 bits per heavy atom. The number of nitriles is 1. The predicted octanol–water partition coefficient (Wildman–Crippen LogP) is 4.08. The molecule has 0 radical (unpaired) electrons. The zero-order chi connectivity index (χ0) is 16.4. The summed E-state index contributed by atoms with van der Waals surface area (Å²) in [5.74, 6) is 0.0729. The minimum absolute atomic E-state index is 0.331. The van der Waals surface area contributed by atoms with E-state index >= 15 is 0 Å². The zero-order valence-corrected chi connectivity index (χ0v) is 13.5. The first-order chi connectivity index (χ1) is 11.1. The van der Waals surface area contributed by atoms with E-state index in [2.05, 4.69) is 16.4 Å². The van der Waals surface area contributed by atoms with Gasteiger partial charge in [-0.1, -0.05) is 22.9 Å². The summed E-state index contributed by atoms with van der Waals surface area (Å²) in [5.41, 5.74) is 1.61. The van der Waals surface area contributed by atoms with E-state index in [1.54, 1.807) is 30.3 Å². The third kappa shape index (κ3) is 3.11. The molecule has 0 fully saturated rings. The van der Waals surface area contributed by atoms with Gasteiger partial charge >= 0.3 is 0 Å². The van der Waals surface area contributed by atoms with Crippen LogP contribution in [0.1, 0.15) is 15.9 Å². The van der Waals surface area contributed by atoms with Gasteiger partial charge in [-0.05, 0) is 36.4 Å². The Labute approximate surface area is 141 Å². The van der Waals surface area contributed by atoms with Gasteiger partial charge in [0.25, 0.3) is 5.91 Å². The number of anilines is 1. The van der Waals surface area contributed by atoms with Crippen LogP contribution in [-0.4, -0.2) is 18.0 Å². The van der Waals surface area contributed by atoms with Crippen molar-refractivity contribution in [2.75, 3.05) is 12.4 Å². The van der Waals surface area contributed by atoms with Crippen molar-refractivity contribution in [3.63, 3.8) is 0 Å². The van der Waals surface area contributed by atoms with Gasteiger partial charge < -0.3 is 4.74 Å². The molecule has 1 aromatic heterocycles. The SMILES string of the molecule is COc1ccc(Cl)cc1C(=O)Nc1nc2ccc(C#N)cc2s1. The number of aromatic nitrogens is 1. The molecule has 0 aliphatic rings. The van der Waals surface area contributed by atoms with Crippen molar-refractivity contribution < 1.29 is 9.53 Å². The Hall–Kier alpha value is -2.62. The lowest BCUT2D eigenvalue weighted by Gasteiger charge is -2.08. The molecule has 3 rings (SSSR count). The molecular weight excluding hydrogens is 334 g/mol. The van der Waals surface area contributed by atoms with Crippen molar-refractivity contribution in [1.29, 1.82) is 5.26 Å². The van der Waals surface area contributed by atoms with Gasteiger partial charge in [-0.2, -0.15) is 5.26 Å². The van der Waals surface area contributed by atoms with E-state index in [1.165, 1.54) is 24.5 Å². The molecule has 1 amide bonds. The lowest BCUT2D eigenvalue weighted by molar-refractivity contribution is 0.102. The molecule has 0 atom stereocenters. The quantitative estimate of drug-likeness (QED) is 0.777. The van der Waals surface area contributed by atoms with E-state index in [1.807, 2.05) is 0 Å². The first kappa shape index (κ1) is 15.3. The third-order valence-electron chi connectivity index (χ3n) is 3.14. The van der Waals surface area contributed by atoms with E-state index in [4.69, 9.17) is 21.6 Å². The smallest absolute Gasteiger partial charge is 0.261 e. The molecule has 5 nitrogen and oxygen atoms in total. The summed E-state index contributed by atoms with van der Waals surface area (Å²) >= 11 is 7.24. The number of carbonyl (C=O) groups excluding carboxylic acids is 1. The molecule has 0 saturated carbocycles. The Balaban J connectivity index is 1.91. The number of fused-ring (bicyclic) bond motifs is 1. The Bertz CT molecular complexity index is 946. The van der Waals surface area contributed by atoms with Crippen LogP contribution in [0, 0.1) is 11.3 Å². The van der Waals surface area contributed by atoms with E-state index in [0.717, 1.165) is 10.2 Å². The second-order valence-corrected chi connectivity index (χ2v) is 6.08. The Morgan fingerprint density at radius 1 is 1.35 bits per heavy atom. The van der Waals surface area contributed by atoms with E-state index in [-0.39, 0.29) is 5.91 Å². The first-order valence-electron chi connectivity index (χ1n) is 6.56. The number of amides is 1. The number of nitrogens with zero attached hydrogens (tertiary/aromatic N) is 2. The topological polar surface area (TPSA) is 75.0 Å². The van der Waals surface area contributed by atoms with Gasteiger partial charge in [0.2, 0.25) is 0 Å². The van der Waals surface area contributed by atoms with Crippen molar-refractivity contribution in [3.8, 4) is 11.8 Å². The summed E-state index contributed by atoms with van der Waals surface area (Å²) in [7, 11) is 1.49. The molecule has 1 N–H and O–H groups in total. The largest absolute Gasteiger partial charge is 0.496 e. The molecule has 114 valence electrons. The summed E-state index contributed by atoms with van der Waals surface area (Å²) in [6.45, 7) is 0. The number of nitrogens with one attached hydrogen (secondary N) is 1. The number of hydrogen-bond donors (Lipinski definition) is 1. The second-order valence-electron chi connectivity index (χ2n) is 4.61. The van der Waals surface area contributed by atoms with Crippen molar-refractivity contribution in [3.05, 3.63) is 52.5 Å². The van der Waals surface area contributed by atoms with Gasteiger partial charge in [0.1, 0.15) is 5.75 Å². The normalized spacial score (nSPS) is 10.3. The highest BCUT2D eigenvalue weighted by Gasteiger charge is 2.15. The molecule has 0 spiro atoms. The van der Waals surface area contributed by atoms with Gasteiger partial charge in [0.05, 0.1) is 34.5 Å². The summed E-state index contributed by atoms with van der Waals surface area (Å²) in [5, 5.41) is 12.5. The summed E-state index contributed by atoms with van der Waals surface area (Å²) < 4.78 is 6.01. The molecule has 7 heteroatoms. The molecule has 3 aromatic rings. The molecule has 0 aliphatic heterocycles. The fourth-order valence-electron chi connectivity index (χ4n) is 2.07. The van der Waals surface area contributed by atoms with Gasteiger partial charge in [-0.3, -0.25) is 10.1 Å². The van der Waals surface area contributed by atoms with Crippen LogP contribution in [-0.2, 0) is 0 Å². The van der Waals surface area contributed by atoms with Crippen LogP contribution < -0.4 is 10.1 Å². The number of benzene rings is 2. The standard InChI is InChI=1S/C16H10ClN3O2S/c1-22-13-5-3-10(17)7-11(13)15(21)20-16-19-12-4-2-9(8-18)6-14(12)23-16/h2-7H,1H3,(H,19,20,21). The van der Waals surface area contributed by atoms with Gasteiger partial charge in [-0.15, -0.1) is 0 Å². The predicted molar refractivity (Wildman–Crippen MR) is 90.3 cm³/mol. The van der Waals surface area contributed by atoms with Crippen molar-refractivity contribution in [2.45, 2.75) is 0 Å². The monoisotopic (exact) mass is 343 g/mol. The fourth-order valence-corrected chi connectivity index (χ4v) is 3.14. The number of thiazole rings is 1. The van der Waals surface area contributed by atoms with Crippen molar-refractivity contribution in [2.24, 2.45) is 0 Å². The number of halogens is 1. The van der Waals surface area contributed by atoms with Crippen LogP contribution in [0.2, 0.25) is 5.02 Å². The minimum atomic E-state index is -0.357. The molecule has 1 heterocycles. The van der Waals surface area contributed by atoms with E-state index in [9.17, 15) is 4.79 Å². The van der Waals surface area contributed by atoms with Crippen LogP contribution in [0.25, 0.3) is 10.2 Å². The average molecular weight is 344 g/mol. The Morgan fingerprint density at radius 2 is 2.17 bits per heavy atom. The highest BCUT2D eigenvalue weighted by atomic mass is 35.5. The highest BCUT2D eigenvalue weighted by Crippen LogP contribution is 2.28. The maximum atomic E-state index is 12.4. The third-order valence-corrected chi connectivity index (χ3v) is 4.31. The lowest BCUT2D eigenvalue weighted by Crippen LogP contribution is -2.13. The van der Waals surface area contributed by atoms with Crippen molar-refractivity contribution >= 4 is 44.2 Å². The second kappa shape index (κ2) is 6.24. The summed E-state index contributed by atoms with van der Waals surface area (Å²) in [6.07, 6.45) is 0. The van der Waals surface area contributed by atoms with Crippen LogP contribution >= 0.6 is 22.9 Å². The van der Waals surface area contributed by atoms with Gasteiger partial charge in [0.15, 0.2) is 5.13 Å². The lowest BCUT2D eigenvalue weighted by atomic mass is 10.2. The maximum absolute atomic E-state index is 12.4. The number of rotatable bonds is 3. The zero-order valence-electron chi connectivity index (χ0n) is 12.0. The molecule has 0 bridgehead atoms. The maximum Gasteiger partial charge on any atom is 0.261 e. The highest BCUT2D eigenvalue weighted by molar-refractivity contribution is 7.22. The van der Waals surface area contributed by atoms with E-state index < -0.39 is 0 Å². The molecular formula is C16H10ClN3O2S. The number of hydrogen-bond acceptors (Lipinski definition) is 5. The van der Waals surface area contributed by atoms with Crippen LogP contribution in [0.3, 0.4) is 0 Å². The molecule has 0 unspecified atom stereocenters. The number of methoxy groups -OCH3 is 1. The molecule has 2 aromatic carbocycles. The molecule has 0 saturated heterocycles. The van der Waals surface area contributed by atoms with Crippen molar-refractivity contribution in [1.82, 2.24) is 4.98 Å². The van der Waals surface area contributed by atoms with E-state index in [0.29, 0.717) is 27.0 Å². The summed E-state index contributed by atoms with van der Waals surface area (Å²) in [4.78, 5) is 16.7. The van der Waals surface area contributed by atoms with Gasteiger partial charge in [-0.25, -0.2) is 4.98 Å². The minimum Gasteiger partial charge on any atom is -0.496 e. The number of carbonyl (C=O) groups is 1. The fraction of sp³-hybridized carbons (Fsp3) is 0.0625. The molecule has 0 aliphatic carbocycles. The van der Waals surface area contributed by atoms with Crippen LogP contribution in [0.5, 0.6) is 5.75 Å².